The number of methoxy groups -OCH3 is 1. The summed E-state index contributed by atoms with van der Waals surface area (Å²) < 4.78 is 5.52. The molecule has 1 saturated carbocycles. The molecule has 2 atom stereocenters. The molecule has 2 heterocycles. The van der Waals surface area contributed by atoms with Crippen molar-refractivity contribution in [1.29, 1.82) is 0 Å². The molecule has 0 bridgehead atoms. The molecule has 162 valence electrons. The molecule has 4 rings (SSSR count). The number of β-amino-alcohol motifs (C(OH)–C–C–N with tert-alkyl or cyclic N) is 1. The molecule has 7 heteroatoms. The van der Waals surface area contributed by atoms with Crippen LogP contribution >= 0.6 is 0 Å². The third kappa shape index (κ3) is 3.60. The van der Waals surface area contributed by atoms with Crippen LogP contribution in [0.1, 0.15) is 56.9 Å². The molecule has 0 spiro atoms. The maximum atomic E-state index is 13.8. The van der Waals surface area contributed by atoms with Gasteiger partial charge in [-0.05, 0) is 31.7 Å². The van der Waals surface area contributed by atoms with E-state index in [4.69, 9.17) is 4.74 Å². The van der Waals surface area contributed by atoms with Crippen molar-refractivity contribution < 1.29 is 24.2 Å². The van der Waals surface area contributed by atoms with E-state index in [9.17, 15) is 19.5 Å². The molecule has 3 aliphatic rings. The SMILES string of the molecule is COc1ccccc1[C@]1(CC(=O)N2CCC[C@H](O)C2)CC(=O)N(C2CCCC2)C1=O. The maximum absolute atomic E-state index is 13.8. The van der Waals surface area contributed by atoms with Crippen molar-refractivity contribution in [2.24, 2.45) is 0 Å². The molecule has 1 aliphatic carbocycles. The van der Waals surface area contributed by atoms with Crippen molar-refractivity contribution in [2.45, 2.75) is 68.9 Å². The van der Waals surface area contributed by atoms with Crippen LogP contribution in [0.15, 0.2) is 24.3 Å². The summed E-state index contributed by atoms with van der Waals surface area (Å²) in [6.07, 6.45) is 4.42. The van der Waals surface area contributed by atoms with Crippen LogP contribution in [0.4, 0.5) is 0 Å². The number of para-hydroxylation sites is 1. The van der Waals surface area contributed by atoms with E-state index in [1.165, 1.54) is 12.0 Å². The van der Waals surface area contributed by atoms with Crippen LogP contribution < -0.4 is 4.74 Å². The number of hydrogen-bond acceptors (Lipinski definition) is 5. The summed E-state index contributed by atoms with van der Waals surface area (Å²) in [6, 6.07) is 7.11. The van der Waals surface area contributed by atoms with Crippen LogP contribution in [-0.2, 0) is 19.8 Å². The van der Waals surface area contributed by atoms with Crippen LogP contribution in [0.25, 0.3) is 0 Å². The Hall–Kier alpha value is -2.41. The van der Waals surface area contributed by atoms with Crippen LogP contribution in [0.5, 0.6) is 5.75 Å². The Balaban J connectivity index is 1.71. The summed E-state index contributed by atoms with van der Waals surface area (Å²) in [5.74, 6) is -0.174. The Morgan fingerprint density at radius 2 is 1.90 bits per heavy atom. The standard InChI is InChI=1S/C23H30N2O5/c1-30-19-11-5-4-10-18(19)23(13-20(27)24-12-6-9-17(26)15-24)14-21(28)25(22(23)29)16-7-2-3-8-16/h4-5,10-11,16-17,26H,2-3,6-9,12-15H2,1H3/t17-,23-/m0/s1. The van der Waals surface area contributed by atoms with Gasteiger partial charge in [-0.15, -0.1) is 0 Å². The molecule has 1 N–H and O–H groups in total. The van der Waals surface area contributed by atoms with Crippen molar-refractivity contribution in [2.75, 3.05) is 20.2 Å². The lowest BCUT2D eigenvalue weighted by Crippen LogP contribution is -2.48. The summed E-state index contributed by atoms with van der Waals surface area (Å²) in [5.41, 5.74) is -0.663. The van der Waals surface area contributed by atoms with Crippen molar-refractivity contribution in [3.05, 3.63) is 29.8 Å². The minimum absolute atomic E-state index is 0.0230. The lowest BCUT2D eigenvalue weighted by atomic mass is 9.75. The first-order valence-electron chi connectivity index (χ1n) is 10.9. The molecule has 3 amide bonds. The number of benzene rings is 1. The first kappa shape index (κ1) is 20.8. The highest BCUT2D eigenvalue weighted by atomic mass is 16.5. The molecule has 1 aromatic carbocycles. The highest BCUT2D eigenvalue weighted by Gasteiger charge is 2.57. The molecular formula is C23H30N2O5. The van der Waals surface area contributed by atoms with Gasteiger partial charge >= 0.3 is 0 Å². The molecule has 30 heavy (non-hydrogen) atoms. The number of aliphatic hydroxyl groups excluding tert-OH is 1. The second-order valence-corrected chi connectivity index (χ2v) is 8.78. The molecule has 1 aromatic rings. The fourth-order valence-corrected chi connectivity index (χ4v) is 5.33. The minimum Gasteiger partial charge on any atom is -0.496 e. The van der Waals surface area contributed by atoms with Gasteiger partial charge in [-0.3, -0.25) is 19.3 Å². The number of rotatable bonds is 5. The van der Waals surface area contributed by atoms with Crippen LogP contribution in [0.3, 0.4) is 0 Å². The molecular weight excluding hydrogens is 384 g/mol. The second kappa shape index (κ2) is 8.38. The Labute approximate surface area is 177 Å². The van der Waals surface area contributed by atoms with Crippen LogP contribution in [0.2, 0.25) is 0 Å². The fourth-order valence-electron chi connectivity index (χ4n) is 5.33. The average Bonchev–Trinajstić information content (AvgIpc) is 3.35. The van der Waals surface area contributed by atoms with Gasteiger partial charge in [-0.1, -0.05) is 31.0 Å². The Bertz CT molecular complexity index is 835. The third-order valence-corrected chi connectivity index (χ3v) is 6.86. The van der Waals surface area contributed by atoms with Gasteiger partial charge in [0.1, 0.15) is 5.75 Å². The van der Waals surface area contributed by atoms with E-state index in [1.807, 2.05) is 12.1 Å². The number of ether oxygens (including phenoxy) is 1. The summed E-state index contributed by atoms with van der Waals surface area (Å²) in [5, 5.41) is 9.99. The average molecular weight is 415 g/mol. The monoisotopic (exact) mass is 414 g/mol. The summed E-state index contributed by atoms with van der Waals surface area (Å²) in [6.45, 7) is 0.835. The lowest BCUT2D eigenvalue weighted by Gasteiger charge is -2.34. The van der Waals surface area contributed by atoms with Gasteiger partial charge in [-0.25, -0.2) is 0 Å². The summed E-state index contributed by atoms with van der Waals surface area (Å²) in [7, 11) is 1.53. The normalized spacial score (nSPS) is 27.7. The highest BCUT2D eigenvalue weighted by molar-refractivity contribution is 6.11. The van der Waals surface area contributed by atoms with Gasteiger partial charge < -0.3 is 14.7 Å². The van der Waals surface area contributed by atoms with Crippen molar-refractivity contribution >= 4 is 17.7 Å². The van der Waals surface area contributed by atoms with Gasteiger partial charge in [0.15, 0.2) is 0 Å². The summed E-state index contributed by atoms with van der Waals surface area (Å²) in [4.78, 5) is 43.2. The predicted molar refractivity (Wildman–Crippen MR) is 110 cm³/mol. The molecule has 3 fully saturated rings. The molecule has 0 radical (unpaired) electrons. The number of aliphatic hydroxyl groups is 1. The third-order valence-electron chi connectivity index (χ3n) is 6.86. The topological polar surface area (TPSA) is 87.2 Å². The van der Waals surface area contributed by atoms with E-state index in [2.05, 4.69) is 0 Å². The Morgan fingerprint density at radius 1 is 1.17 bits per heavy atom. The molecule has 0 aromatic heterocycles. The zero-order valence-electron chi connectivity index (χ0n) is 17.5. The smallest absolute Gasteiger partial charge is 0.241 e. The number of imide groups is 1. The molecule has 0 unspecified atom stereocenters. The van der Waals surface area contributed by atoms with Crippen molar-refractivity contribution in [3.8, 4) is 5.75 Å². The van der Waals surface area contributed by atoms with E-state index in [-0.39, 0.29) is 43.1 Å². The van der Waals surface area contributed by atoms with Crippen molar-refractivity contribution in [3.63, 3.8) is 0 Å². The number of carbonyl (C=O) groups excluding carboxylic acids is 3. The van der Waals surface area contributed by atoms with E-state index < -0.39 is 11.5 Å². The van der Waals surface area contributed by atoms with Gasteiger partial charge in [-0.2, -0.15) is 0 Å². The second-order valence-electron chi connectivity index (χ2n) is 8.78. The fraction of sp³-hybridized carbons (Fsp3) is 0.609. The summed E-state index contributed by atoms with van der Waals surface area (Å²) >= 11 is 0. The van der Waals surface area contributed by atoms with Crippen molar-refractivity contribution in [1.82, 2.24) is 9.80 Å². The number of likely N-dealkylation sites (tertiary alicyclic amines) is 2. The van der Waals surface area contributed by atoms with E-state index in [0.29, 0.717) is 24.3 Å². The lowest BCUT2D eigenvalue weighted by molar-refractivity contribution is -0.145. The first-order chi connectivity index (χ1) is 14.5. The maximum Gasteiger partial charge on any atom is 0.241 e. The van der Waals surface area contributed by atoms with Crippen LogP contribution in [-0.4, -0.2) is 65.0 Å². The first-order valence-corrected chi connectivity index (χ1v) is 10.9. The van der Waals surface area contributed by atoms with Gasteiger partial charge in [0.25, 0.3) is 0 Å². The molecule has 2 aliphatic heterocycles. The van der Waals surface area contributed by atoms with Gasteiger partial charge in [0, 0.05) is 37.5 Å². The molecule has 7 nitrogen and oxygen atoms in total. The predicted octanol–water partition coefficient (Wildman–Crippen LogP) is 2.01. The Kier molecular flexibility index (Phi) is 5.82. The molecule has 2 saturated heterocycles. The number of nitrogens with zero attached hydrogens (tertiary/aromatic N) is 2. The highest BCUT2D eigenvalue weighted by Crippen LogP contribution is 2.46. The zero-order chi connectivity index (χ0) is 21.3. The number of piperidine rings is 1. The van der Waals surface area contributed by atoms with Crippen LogP contribution in [0, 0.1) is 0 Å². The Morgan fingerprint density at radius 3 is 2.60 bits per heavy atom. The number of hydrogen-bond donors (Lipinski definition) is 1. The van der Waals surface area contributed by atoms with E-state index in [0.717, 1.165) is 32.1 Å². The largest absolute Gasteiger partial charge is 0.496 e. The minimum atomic E-state index is -1.26. The van der Waals surface area contributed by atoms with Gasteiger partial charge in [0.2, 0.25) is 17.7 Å². The number of amides is 3. The van der Waals surface area contributed by atoms with E-state index in [1.54, 1.807) is 17.0 Å². The van der Waals surface area contributed by atoms with Gasteiger partial charge in [0.05, 0.1) is 18.6 Å². The quantitative estimate of drug-likeness (QED) is 0.745. The van der Waals surface area contributed by atoms with E-state index >= 15 is 0 Å². The number of carbonyl (C=O) groups is 3. The zero-order valence-corrected chi connectivity index (χ0v) is 17.5.